The van der Waals surface area contributed by atoms with E-state index in [1.165, 1.54) is 4.90 Å². The van der Waals surface area contributed by atoms with Gasteiger partial charge in [-0.3, -0.25) is 4.79 Å². The van der Waals surface area contributed by atoms with E-state index in [0.717, 1.165) is 38.0 Å². The lowest BCUT2D eigenvalue weighted by molar-refractivity contribution is -0.143. The second-order valence-corrected chi connectivity index (χ2v) is 5.97. The van der Waals surface area contributed by atoms with Gasteiger partial charge in [-0.1, -0.05) is 6.92 Å². The van der Waals surface area contributed by atoms with Crippen molar-refractivity contribution in [2.45, 2.75) is 45.6 Å². The van der Waals surface area contributed by atoms with Crippen molar-refractivity contribution in [3.63, 3.8) is 0 Å². The summed E-state index contributed by atoms with van der Waals surface area (Å²) in [4.78, 5) is 27.8. The fourth-order valence-electron chi connectivity index (χ4n) is 3.15. The molecule has 0 radical (unpaired) electrons. The molecule has 1 aliphatic heterocycles. The molecule has 1 unspecified atom stereocenters. The molecule has 5 nitrogen and oxygen atoms in total. The second-order valence-electron chi connectivity index (χ2n) is 5.97. The third kappa shape index (κ3) is 4.03. The highest BCUT2D eigenvalue weighted by Crippen LogP contribution is 2.22. The first-order valence-corrected chi connectivity index (χ1v) is 8.47. The molecule has 0 aliphatic carbocycles. The number of likely N-dealkylation sites (tertiary alicyclic amines) is 1. The Balaban J connectivity index is 2.14. The monoisotopic (exact) mass is 318 g/mol. The Morgan fingerprint density at radius 1 is 1.22 bits per heavy atom. The maximum Gasteiger partial charge on any atom is 0.326 e. The number of aliphatic carboxylic acids is 1. The molecule has 0 bridgehead atoms. The van der Waals surface area contributed by atoms with E-state index in [0.29, 0.717) is 18.5 Å². The summed E-state index contributed by atoms with van der Waals surface area (Å²) >= 11 is 0. The molecule has 0 aromatic heterocycles. The van der Waals surface area contributed by atoms with E-state index in [4.69, 9.17) is 0 Å². The molecule has 126 valence electrons. The zero-order valence-electron chi connectivity index (χ0n) is 14.0. The largest absolute Gasteiger partial charge is 0.480 e. The third-order valence-corrected chi connectivity index (χ3v) is 4.40. The van der Waals surface area contributed by atoms with Crippen molar-refractivity contribution in [3.8, 4) is 0 Å². The van der Waals surface area contributed by atoms with Crippen molar-refractivity contribution in [2.75, 3.05) is 24.5 Å². The Hall–Kier alpha value is -2.04. The molecule has 2 rings (SSSR count). The number of anilines is 1. The van der Waals surface area contributed by atoms with Gasteiger partial charge in [0.25, 0.3) is 5.91 Å². The lowest BCUT2D eigenvalue weighted by Crippen LogP contribution is -2.47. The Labute approximate surface area is 137 Å². The van der Waals surface area contributed by atoms with Crippen LogP contribution in [0, 0.1) is 0 Å². The number of nitrogens with zero attached hydrogens (tertiary/aromatic N) is 2. The van der Waals surface area contributed by atoms with Crippen LogP contribution in [0.1, 0.15) is 49.9 Å². The van der Waals surface area contributed by atoms with E-state index in [9.17, 15) is 14.7 Å². The maximum atomic E-state index is 12.6. The highest BCUT2D eigenvalue weighted by atomic mass is 16.4. The van der Waals surface area contributed by atoms with Crippen LogP contribution in [0.2, 0.25) is 0 Å². The van der Waals surface area contributed by atoms with Crippen molar-refractivity contribution in [1.82, 2.24) is 4.90 Å². The number of amides is 1. The summed E-state index contributed by atoms with van der Waals surface area (Å²) in [6.07, 6.45) is 3.34. The molecule has 1 atom stereocenters. The van der Waals surface area contributed by atoms with E-state index in [1.54, 1.807) is 0 Å². The van der Waals surface area contributed by atoms with E-state index < -0.39 is 12.0 Å². The first-order chi connectivity index (χ1) is 11.1. The van der Waals surface area contributed by atoms with Gasteiger partial charge in [0, 0.05) is 30.9 Å². The van der Waals surface area contributed by atoms with Gasteiger partial charge in [0.15, 0.2) is 0 Å². The summed E-state index contributed by atoms with van der Waals surface area (Å²) in [6, 6.07) is 6.83. The van der Waals surface area contributed by atoms with E-state index in [-0.39, 0.29) is 5.91 Å². The Morgan fingerprint density at radius 2 is 1.91 bits per heavy atom. The molecular weight excluding hydrogens is 292 g/mol. The summed E-state index contributed by atoms with van der Waals surface area (Å²) in [6.45, 7) is 6.68. The molecule has 0 saturated carbocycles. The molecule has 1 fully saturated rings. The van der Waals surface area contributed by atoms with E-state index in [1.807, 2.05) is 24.3 Å². The maximum absolute atomic E-state index is 12.6. The molecule has 1 N–H and O–H groups in total. The Kier molecular flexibility index (Phi) is 6.02. The number of hydrogen-bond acceptors (Lipinski definition) is 3. The number of piperidine rings is 1. The predicted octanol–water partition coefficient (Wildman–Crippen LogP) is 3.00. The number of hydrogen-bond donors (Lipinski definition) is 1. The number of carboxylic acids is 1. The molecule has 0 spiro atoms. The number of carbonyl (C=O) groups excluding carboxylic acids is 1. The summed E-state index contributed by atoms with van der Waals surface area (Å²) in [5.41, 5.74) is 1.66. The van der Waals surface area contributed by atoms with Crippen LogP contribution >= 0.6 is 0 Å². The summed E-state index contributed by atoms with van der Waals surface area (Å²) in [5.74, 6) is -1.09. The SMILES string of the molecule is CCCN(CC)c1ccc(C(=O)N2CCCCC2C(=O)O)cc1. The zero-order chi connectivity index (χ0) is 16.8. The minimum atomic E-state index is -0.908. The standard InChI is InChI=1S/C18H26N2O3/c1-3-12-19(4-2)15-10-8-14(9-11-15)17(21)20-13-6-5-7-16(20)18(22)23/h8-11,16H,3-7,12-13H2,1-2H3,(H,22,23). The average Bonchev–Trinajstić information content (AvgIpc) is 2.59. The van der Waals surface area contributed by atoms with Crippen molar-refractivity contribution in [2.24, 2.45) is 0 Å². The molecule has 23 heavy (non-hydrogen) atoms. The molecule has 5 heteroatoms. The lowest BCUT2D eigenvalue weighted by atomic mass is 10.0. The minimum Gasteiger partial charge on any atom is -0.480 e. The molecule has 1 aliphatic rings. The van der Waals surface area contributed by atoms with Crippen molar-refractivity contribution in [3.05, 3.63) is 29.8 Å². The quantitative estimate of drug-likeness (QED) is 0.876. The van der Waals surface area contributed by atoms with Crippen LogP contribution in [0.25, 0.3) is 0 Å². The summed E-state index contributed by atoms with van der Waals surface area (Å²) in [5, 5.41) is 9.31. The van der Waals surface area contributed by atoms with Gasteiger partial charge in [0.1, 0.15) is 6.04 Å². The number of benzene rings is 1. The van der Waals surface area contributed by atoms with Crippen LogP contribution in [-0.2, 0) is 4.79 Å². The fourth-order valence-corrected chi connectivity index (χ4v) is 3.15. The number of carboxylic acid groups (broad SMARTS) is 1. The van der Waals surface area contributed by atoms with Crippen molar-refractivity contribution >= 4 is 17.6 Å². The lowest BCUT2D eigenvalue weighted by Gasteiger charge is -2.33. The fraction of sp³-hybridized carbons (Fsp3) is 0.556. The number of carbonyl (C=O) groups is 2. The van der Waals surface area contributed by atoms with Crippen LogP contribution < -0.4 is 4.90 Å². The van der Waals surface area contributed by atoms with Gasteiger partial charge in [0.05, 0.1) is 0 Å². The van der Waals surface area contributed by atoms with E-state index in [2.05, 4.69) is 18.7 Å². The molecule has 1 aromatic carbocycles. The molecule has 1 saturated heterocycles. The van der Waals surface area contributed by atoms with Crippen molar-refractivity contribution in [1.29, 1.82) is 0 Å². The minimum absolute atomic E-state index is 0.179. The van der Waals surface area contributed by atoms with Crippen LogP contribution in [-0.4, -0.2) is 47.6 Å². The third-order valence-electron chi connectivity index (χ3n) is 4.40. The van der Waals surface area contributed by atoms with Crippen molar-refractivity contribution < 1.29 is 14.7 Å². The normalized spacial score (nSPS) is 17.8. The first-order valence-electron chi connectivity index (χ1n) is 8.47. The Morgan fingerprint density at radius 3 is 2.48 bits per heavy atom. The van der Waals surface area contributed by atoms with Gasteiger partial charge in [-0.2, -0.15) is 0 Å². The smallest absolute Gasteiger partial charge is 0.326 e. The summed E-state index contributed by atoms with van der Waals surface area (Å²) < 4.78 is 0. The second kappa shape index (κ2) is 7.99. The van der Waals surface area contributed by atoms with Crippen LogP contribution in [0.3, 0.4) is 0 Å². The zero-order valence-corrected chi connectivity index (χ0v) is 14.0. The average molecular weight is 318 g/mol. The molecule has 1 heterocycles. The van der Waals surface area contributed by atoms with Gasteiger partial charge in [-0.25, -0.2) is 4.79 Å². The van der Waals surface area contributed by atoms with E-state index >= 15 is 0 Å². The van der Waals surface area contributed by atoms with Crippen LogP contribution in [0.5, 0.6) is 0 Å². The predicted molar refractivity (Wildman–Crippen MR) is 90.9 cm³/mol. The van der Waals surface area contributed by atoms with Gasteiger partial charge in [0.2, 0.25) is 0 Å². The highest BCUT2D eigenvalue weighted by molar-refractivity contribution is 5.97. The van der Waals surface area contributed by atoms with Gasteiger partial charge >= 0.3 is 5.97 Å². The first kappa shape index (κ1) is 17.3. The van der Waals surface area contributed by atoms with Crippen LogP contribution in [0.4, 0.5) is 5.69 Å². The molecule has 1 amide bonds. The van der Waals surface area contributed by atoms with Gasteiger partial charge < -0.3 is 14.9 Å². The topological polar surface area (TPSA) is 60.9 Å². The number of rotatable bonds is 6. The molecule has 1 aromatic rings. The van der Waals surface area contributed by atoms with Gasteiger partial charge in [-0.15, -0.1) is 0 Å². The van der Waals surface area contributed by atoms with Gasteiger partial charge in [-0.05, 0) is 56.9 Å². The molecular formula is C18H26N2O3. The highest BCUT2D eigenvalue weighted by Gasteiger charge is 2.32. The summed E-state index contributed by atoms with van der Waals surface area (Å²) in [7, 11) is 0. The Bertz CT molecular complexity index is 542. The van der Waals surface area contributed by atoms with Crippen LogP contribution in [0.15, 0.2) is 24.3 Å².